The first kappa shape index (κ1) is 10.8. The molecule has 4 heteroatoms. The summed E-state index contributed by atoms with van der Waals surface area (Å²) in [5.41, 5.74) is 0.476. The zero-order chi connectivity index (χ0) is 10.6. The molecule has 0 aliphatic heterocycles. The van der Waals surface area contributed by atoms with Gasteiger partial charge in [0, 0.05) is 12.6 Å². The van der Waals surface area contributed by atoms with Crippen LogP contribution in [0.15, 0.2) is 24.3 Å². The molecule has 0 saturated heterocycles. The Morgan fingerprint density at radius 1 is 1.43 bits per heavy atom. The number of hydrogen-bond donors (Lipinski definition) is 1. The van der Waals surface area contributed by atoms with Crippen molar-refractivity contribution >= 4 is 23.0 Å². The van der Waals surface area contributed by atoms with Crippen molar-refractivity contribution in [1.29, 1.82) is 0 Å². The Kier molecular flexibility index (Phi) is 3.71. The topological polar surface area (TPSA) is 29.1 Å². The molecule has 0 amide bonds. The summed E-state index contributed by atoms with van der Waals surface area (Å²) in [6.45, 7) is 0. The summed E-state index contributed by atoms with van der Waals surface area (Å²) >= 11 is 4.85. The number of nitrogens with one attached hydrogen (secondary N) is 1. The van der Waals surface area contributed by atoms with Gasteiger partial charge in [0.05, 0.1) is 11.4 Å². The second-order valence-electron chi connectivity index (χ2n) is 2.78. The summed E-state index contributed by atoms with van der Waals surface area (Å²) < 4.78 is 12.5. The van der Waals surface area contributed by atoms with Crippen LogP contribution in [0.5, 0.6) is 0 Å². The molecule has 0 atom stereocenters. The predicted molar refractivity (Wildman–Crippen MR) is 57.0 cm³/mol. The van der Waals surface area contributed by atoms with Gasteiger partial charge in [0.25, 0.3) is 0 Å². The fourth-order valence-corrected chi connectivity index (χ4v) is 1.10. The van der Waals surface area contributed by atoms with E-state index in [9.17, 15) is 9.18 Å². The van der Waals surface area contributed by atoms with E-state index < -0.39 is 0 Å². The molecule has 0 spiro atoms. The van der Waals surface area contributed by atoms with E-state index in [2.05, 4.69) is 5.32 Å². The fourth-order valence-electron chi connectivity index (χ4n) is 0.972. The molecule has 0 unspecified atom stereocenters. The number of halogens is 1. The molecule has 1 rings (SSSR count). The van der Waals surface area contributed by atoms with Crippen molar-refractivity contribution in [2.24, 2.45) is 0 Å². The molecule has 0 fully saturated rings. The van der Waals surface area contributed by atoms with Crippen molar-refractivity contribution in [3.05, 3.63) is 35.6 Å². The minimum absolute atomic E-state index is 0.107. The number of rotatable bonds is 3. The average Bonchev–Trinajstić information content (AvgIpc) is 2.18. The molecule has 1 aromatic rings. The van der Waals surface area contributed by atoms with E-state index in [1.165, 1.54) is 24.3 Å². The maximum Gasteiger partial charge on any atom is 0.169 e. The molecule has 0 aliphatic rings. The minimum atomic E-state index is -0.349. The van der Waals surface area contributed by atoms with E-state index in [0.717, 1.165) is 0 Å². The number of carbonyl (C=O) groups is 1. The lowest BCUT2D eigenvalue weighted by atomic mass is 10.1. The Morgan fingerprint density at radius 3 is 2.50 bits per heavy atom. The Hall–Kier alpha value is -1.29. The standard InChI is InChI=1S/C10H10FNOS/c1-12-10(14)6-9(13)7-2-4-8(11)5-3-7/h2-5H,6H2,1H3,(H,12,14). The van der Waals surface area contributed by atoms with Crippen molar-refractivity contribution in [3.8, 4) is 0 Å². The molecule has 2 nitrogen and oxygen atoms in total. The zero-order valence-electron chi connectivity index (χ0n) is 7.71. The van der Waals surface area contributed by atoms with Crippen LogP contribution >= 0.6 is 12.2 Å². The summed E-state index contributed by atoms with van der Waals surface area (Å²) in [4.78, 5) is 12.0. The van der Waals surface area contributed by atoms with E-state index in [4.69, 9.17) is 12.2 Å². The van der Waals surface area contributed by atoms with E-state index in [1.54, 1.807) is 7.05 Å². The fraction of sp³-hybridized carbons (Fsp3) is 0.200. The second-order valence-corrected chi connectivity index (χ2v) is 3.27. The third kappa shape index (κ3) is 2.88. The van der Waals surface area contributed by atoms with E-state index in [-0.39, 0.29) is 18.0 Å². The van der Waals surface area contributed by atoms with Crippen LogP contribution in [0.4, 0.5) is 4.39 Å². The Labute approximate surface area is 87.1 Å². The molecule has 0 bridgehead atoms. The van der Waals surface area contributed by atoms with Crippen LogP contribution < -0.4 is 5.32 Å². The van der Waals surface area contributed by atoms with Gasteiger partial charge in [-0.2, -0.15) is 0 Å². The number of thiocarbonyl (C=S) groups is 1. The molecule has 74 valence electrons. The van der Waals surface area contributed by atoms with Gasteiger partial charge in [-0.25, -0.2) is 4.39 Å². The van der Waals surface area contributed by atoms with E-state index in [1.807, 2.05) is 0 Å². The maximum atomic E-state index is 12.5. The third-order valence-electron chi connectivity index (χ3n) is 1.77. The average molecular weight is 211 g/mol. The highest BCUT2D eigenvalue weighted by atomic mass is 32.1. The van der Waals surface area contributed by atoms with Crippen LogP contribution in [0.2, 0.25) is 0 Å². The lowest BCUT2D eigenvalue weighted by Gasteiger charge is -2.01. The summed E-state index contributed by atoms with van der Waals surface area (Å²) in [6, 6.07) is 5.43. The monoisotopic (exact) mass is 211 g/mol. The molecular formula is C10H10FNOS. The van der Waals surface area contributed by atoms with Gasteiger partial charge in [-0.3, -0.25) is 4.79 Å². The first-order valence-electron chi connectivity index (χ1n) is 4.13. The van der Waals surface area contributed by atoms with Crippen molar-refractivity contribution in [1.82, 2.24) is 5.32 Å². The zero-order valence-corrected chi connectivity index (χ0v) is 8.53. The molecule has 0 aliphatic carbocycles. The first-order chi connectivity index (χ1) is 6.63. The quantitative estimate of drug-likeness (QED) is 0.612. The van der Waals surface area contributed by atoms with Crippen LogP contribution in [-0.2, 0) is 0 Å². The number of hydrogen-bond acceptors (Lipinski definition) is 2. The van der Waals surface area contributed by atoms with Crippen LogP contribution in [0.25, 0.3) is 0 Å². The van der Waals surface area contributed by atoms with Gasteiger partial charge in [-0.15, -0.1) is 0 Å². The molecule has 0 aromatic heterocycles. The highest BCUT2D eigenvalue weighted by Gasteiger charge is 2.07. The van der Waals surface area contributed by atoms with Crippen LogP contribution in [0.3, 0.4) is 0 Å². The maximum absolute atomic E-state index is 12.5. The SMILES string of the molecule is CNC(=S)CC(=O)c1ccc(F)cc1. The summed E-state index contributed by atoms with van der Waals surface area (Å²) in [5, 5.41) is 2.71. The predicted octanol–water partition coefficient (Wildman–Crippen LogP) is 1.95. The second kappa shape index (κ2) is 4.81. The summed E-state index contributed by atoms with van der Waals surface area (Å²) in [7, 11) is 1.67. The highest BCUT2D eigenvalue weighted by molar-refractivity contribution is 7.80. The molecule has 0 radical (unpaired) electrons. The lowest BCUT2D eigenvalue weighted by molar-refractivity contribution is 0.100. The molecule has 1 aromatic carbocycles. The molecule has 14 heavy (non-hydrogen) atoms. The van der Waals surface area contributed by atoms with E-state index >= 15 is 0 Å². The third-order valence-corrected chi connectivity index (χ3v) is 2.11. The summed E-state index contributed by atoms with van der Waals surface area (Å²) in [6.07, 6.45) is 0.164. The number of benzene rings is 1. The van der Waals surface area contributed by atoms with Gasteiger partial charge in [0.2, 0.25) is 0 Å². The Morgan fingerprint density at radius 2 is 2.00 bits per heavy atom. The van der Waals surface area contributed by atoms with Crippen molar-refractivity contribution in [2.75, 3.05) is 7.05 Å². The highest BCUT2D eigenvalue weighted by Crippen LogP contribution is 2.05. The Balaban J connectivity index is 2.70. The van der Waals surface area contributed by atoms with Gasteiger partial charge in [0.1, 0.15) is 5.82 Å². The van der Waals surface area contributed by atoms with Crippen molar-refractivity contribution in [3.63, 3.8) is 0 Å². The molecule has 0 saturated carbocycles. The van der Waals surface area contributed by atoms with Crippen LogP contribution in [0, 0.1) is 5.82 Å². The van der Waals surface area contributed by atoms with Crippen LogP contribution in [0.1, 0.15) is 16.8 Å². The van der Waals surface area contributed by atoms with Gasteiger partial charge >= 0.3 is 0 Å². The number of carbonyl (C=O) groups excluding carboxylic acids is 1. The van der Waals surface area contributed by atoms with Gasteiger partial charge in [-0.05, 0) is 24.3 Å². The largest absolute Gasteiger partial charge is 0.382 e. The smallest absolute Gasteiger partial charge is 0.169 e. The van der Waals surface area contributed by atoms with E-state index in [0.29, 0.717) is 10.6 Å². The normalized spacial score (nSPS) is 9.57. The molecule has 0 heterocycles. The van der Waals surface area contributed by atoms with Crippen molar-refractivity contribution in [2.45, 2.75) is 6.42 Å². The van der Waals surface area contributed by atoms with Gasteiger partial charge < -0.3 is 5.32 Å². The number of ketones is 1. The molecule has 1 N–H and O–H groups in total. The summed E-state index contributed by atoms with van der Waals surface area (Å²) in [5.74, 6) is -0.456. The minimum Gasteiger partial charge on any atom is -0.382 e. The lowest BCUT2D eigenvalue weighted by Crippen LogP contribution is -2.19. The van der Waals surface area contributed by atoms with Crippen molar-refractivity contribution < 1.29 is 9.18 Å². The number of Topliss-reactive ketones (excluding diaryl/α,β-unsaturated/α-hetero) is 1. The van der Waals surface area contributed by atoms with Gasteiger partial charge in [0.15, 0.2) is 5.78 Å². The molecular weight excluding hydrogens is 201 g/mol. The first-order valence-corrected chi connectivity index (χ1v) is 4.53. The Bertz CT molecular complexity index is 348. The van der Waals surface area contributed by atoms with Crippen LogP contribution in [-0.4, -0.2) is 17.8 Å². The van der Waals surface area contributed by atoms with Gasteiger partial charge in [-0.1, -0.05) is 12.2 Å².